The molecule has 0 aromatic heterocycles. The van der Waals surface area contributed by atoms with Crippen LogP contribution in [0.2, 0.25) is 0 Å². The lowest BCUT2D eigenvalue weighted by atomic mass is 10.1. The monoisotopic (exact) mass is 393 g/mol. The number of nitrogens with one attached hydrogen (secondary N) is 1. The molecular weight excluding hydrogens is 377 g/mol. The summed E-state index contributed by atoms with van der Waals surface area (Å²) in [6.07, 6.45) is 0.559. The van der Waals surface area contributed by atoms with Crippen LogP contribution in [0.25, 0.3) is 0 Å². The molecule has 3 rings (SSSR count). The molecule has 27 heavy (non-hydrogen) atoms. The smallest absolute Gasteiger partial charge is 0.305 e. The summed E-state index contributed by atoms with van der Waals surface area (Å²) in [6.45, 7) is 1.88. The van der Waals surface area contributed by atoms with Crippen molar-refractivity contribution in [2.45, 2.75) is 13.3 Å². The van der Waals surface area contributed by atoms with E-state index in [0.29, 0.717) is 24.3 Å². The minimum Gasteiger partial charge on any atom is -0.322 e. The Hall–Kier alpha value is -3.01. The van der Waals surface area contributed by atoms with Crippen LogP contribution in [0.4, 0.5) is 21.5 Å². The second-order valence-corrected chi connectivity index (χ2v) is 8.13. The van der Waals surface area contributed by atoms with Crippen LogP contribution in [0.5, 0.6) is 0 Å². The zero-order valence-electron chi connectivity index (χ0n) is 14.3. The lowest BCUT2D eigenvalue weighted by molar-refractivity contribution is -0.387. The fourth-order valence-electron chi connectivity index (χ4n) is 2.88. The van der Waals surface area contributed by atoms with Gasteiger partial charge in [0, 0.05) is 23.9 Å². The Morgan fingerprint density at radius 3 is 2.48 bits per heavy atom. The molecule has 1 N–H and O–H groups in total. The van der Waals surface area contributed by atoms with Crippen molar-refractivity contribution in [3.63, 3.8) is 0 Å². The number of hydrogen-bond acceptors (Lipinski definition) is 5. The van der Waals surface area contributed by atoms with E-state index in [1.807, 2.05) is 0 Å². The first kappa shape index (κ1) is 18.8. The highest BCUT2D eigenvalue weighted by Crippen LogP contribution is 2.26. The third-order valence-electron chi connectivity index (χ3n) is 4.25. The number of carbonyl (C=O) groups is 1. The summed E-state index contributed by atoms with van der Waals surface area (Å²) in [7, 11) is -3.30. The molecule has 8 nitrogen and oxygen atoms in total. The third kappa shape index (κ3) is 3.75. The predicted molar refractivity (Wildman–Crippen MR) is 97.9 cm³/mol. The van der Waals surface area contributed by atoms with Crippen molar-refractivity contribution in [2.75, 3.05) is 21.9 Å². The van der Waals surface area contributed by atoms with Crippen molar-refractivity contribution in [3.8, 4) is 0 Å². The van der Waals surface area contributed by atoms with E-state index in [1.165, 1.54) is 23.4 Å². The third-order valence-corrected chi connectivity index (χ3v) is 6.12. The van der Waals surface area contributed by atoms with Gasteiger partial charge in [0.2, 0.25) is 15.8 Å². The van der Waals surface area contributed by atoms with Gasteiger partial charge in [-0.3, -0.25) is 19.2 Å². The fraction of sp³-hybridized carbons (Fsp3) is 0.235. The molecule has 1 amide bonds. The zero-order valence-corrected chi connectivity index (χ0v) is 15.1. The molecule has 0 aliphatic carbocycles. The molecule has 0 spiro atoms. The summed E-state index contributed by atoms with van der Waals surface area (Å²) >= 11 is 0. The van der Waals surface area contributed by atoms with Crippen LogP contribution < -0.4 is 9.62 Å². The largest absolute Gasteiger partial charge is 0.322 e. The Morgan fingerprint density at radius 1 is 1.26 bits per heavy atom. The number of sulfonamides is 1. The highest BCUT2D eigenvalue weighted by Gasteiger charge is 2.28. The SMILES string of the molecule is Cc1cc(F)c([N+](=O)[O-])cc1C(=O)Nc1ccc(N2CCCS2(=O)=O)cc1. The molecule has 1 fully saturated rings. The molecule has 0 bridgehead atoms. The highest BCUT2D eigenvalue weighted by molar-refractivity contribution is 7.93. The van der Waals surface area contributed by atoms with Gasteiger partial charge in [0.25, 0.3) is 5.91 Å². The van der Waals surface area contributed by atoms with Crippen LogP contribution in [-0.2, 0) is 10.0 Å². The van der Waals surface area contributed by atoms with Crippen LogP contribution in [0, 0.1) is 22.9 Å². The Kier molecular flexibility index (Phi) is 4.83. The van der Waals surface area contributed by atoms with E-state index in [9.17, 15) is 27.7 Å². The number of nitrogens with zero attached hydrogens (tertiary/aromatic N) is 2. The number of halogens is 1. The Bertz CT molecular complexity index is 1020. The van der Waals surface area contributed by atoms with Crippen molar-refractivity contribution in [2.24, 2.45) is 0 Å². The van der Waals surface area contributed by atoms with Gasteiger partial charge < -0.3 is 5.32 Å². The Balaban J connectivity index is 1.81. The minimum atomic E-state index is -3.30. The summed E-state index contributed by atoms with van der Waals surface area (Å²) < 4.78 is 38.8. The first-order valence-electron chi connectivity index (χ1n) is 8.05. The molecule has 1 saturated heterocycles. The van der Waals surface area contributed by atoms with Crippen LogP contribution in [-0.4, -0.2) is 31.5 Å². The molecule has 10 heteroatoms. The van der Waals surface area contributed by atoms with Gasteiger partial charge in [-0.2, -0.15) is 4.39 Å². The maximum atomic E-state index is 13.6. The van der Waals surface area contributed by atoms with Gasteiger partial charge in [-0.05, 0) is 49.2 Å². The van der Waals surface area contributed by atoms with Gasteiger partial charge in [-0.25, -0.2) is 8.42 Å². The first-order chi connectivity index (χ1) is 12.7. The van der Waals surface area contributed by atoms with Crippen molar-refractivity contribution >= 4 is 33.0 Å². The number of rotatable bonds is 4. The van der Waals surface area contributed by atoms with E-state index in [-0.39, 0.29) is 16.9 Å². The van der Waals surface area contributed by atoms with E-state index in [4.69, 9.17) is 0 Å². The molecule has 1 aliphatic rings. The van der Waals surface area contributed by atoms with Crippen molar-refractivity contribution in [1.29, 1.82) is 0 Å². The topological polar surface area (TPSA) is 110 Å². The van der Waals surface area contributed by atoms with Gasteiger partial charge >= 0.3 is 5.69 Å². The number of nitro benzene ring substituents is 1. The Labute approximate surface area is 154 Å². The highest BCUT2D eigenvalue weighted by atomic mass is 32.2. The van der Waals surface area contributed by atoms with E-state index in [1.54, 1.807) is 12.1 Å². The summed E-state index contributed by atoms with van der Waals surface area (Å²) in [6, 6.07) is 8.04. The second-order valence-electron chi connectivity index (χ2n) is 6.12. The van der Waals surface area contributed by atoms with E-state index in [0.717, 1.165) is 12.1 Å². The van der Waals surface area contributed by atoms with Gasteiger partial charge in [0.05, 0.1) is 16.4 Å². The molecule has 1 aliphatic heterocycles. The molecule has 0 atom stereocenters. The minimum absolute atomic E-state index is 0.0192. The second kappa shape index (κ2) is 6.95. The van der Waals surface area contributed by atoms with E-state index >= 15 is 0 Å². The summed E-state index contributed by atoms with van der Waals surface area (Å²) in [5, 5.41) is 13.4. The lowest BCUT2D eigenvalue weighted by Gasteiger charge is -2.17. The lowest BCUT2D eigenvalue weighted by Crippen LogP contribution is -2.25. The normalized spacial score (nSPS) is 15.6. The van der Waals surface area contributed by atoms with Crippen molar-refractivity contribution < 1.29 is 22.5 Å². The number of nitro groups is 1. The number of carbonyl (C=O) groups excluding carboxylic acids is 1. The maximum Gasteiger partial charge on any atom is 0.305 e. The van der Waals surface area contributed by atoms with Crippen LogP contribution in [0.15, 0.2) is 36.4 Å². The number of amides is 1. The van der Waals surface area contributed by atoms with Crippen LogP contribution in [0.3, 0.4) is 0 Å². The number of hydrogen-bond donors (Lipinski definition) is 1. The summed E-state index contributed by atoms with van der Waals surface area (Å²) in [5.74, 6) is -1.53. The Morgan fingerprint density at radius 2 is 1.93 bits per heavy atom. The van der Waals surface area contributed by atoms with Crippen LogP contribution >= 0.6 is 0 Å². The quantitative estimate of drug-likeness (QED) is 0.634. The predicted octanol–water partition coefficient (Wildman–Crippen LogP) is 2.83. The number of aryl methyl sites for hydroxylation is 1. The summed E-state index contributed by atoms with van der Waals surface area (Å²) in [5.41, 5.74) is 0.343. The van der Waals surface area contributed by atoms with Gasteiger partial charge in [-0.1, -0.05) is 0 Å². The average molecular weight is 393 g/mol. The van der Waals surface area contributed by atoms with Gasteiger partial charge in [-0.15, -0.1) is 0 Å². The van der Waals surface area contributed by atoms with Crippen molar-refractivity contribution in [1.82, 2.24) is 0 Å². The summed E-state index contributed by atoms with van der Waals surface area (Å²) in [4.78, 5) is 22.4. The van der Waals surface area contributed by atoms with E-state index in [2.05, 4.69) is 5.32 Å². The number of anilines is 2. The molecule has 0 unspecified atom stereocenters. The van der Waals surface area contributed by atoms with Crippen molar-refractivity contribution in [3.05, 3.63) is 63.5 Å². The molecule has 2 aromatic rings. The fourth-order valence-corrected chi connectivity index (χ4v) is 4.45. The van der Waals surface area contributed by atoms with Crippen LogP contribution in [0.1, 0.15) is 22.3 Å². The molecule has 0 radical (unpaired) electrons. The molecular formula is C17H16FN3O5S. The zero-order chi connectivity index (χ0) is 19.8. The average Bonchev–Trinajstić information content (AvgIpc) is 2.94. The standard InChI is InChI=1S/C17H16FN3O5S/c1-11-9-15(18)16(21(23)24)10-14(11)17(22)19-12-3-5-13(6-4-12)20-7-2-8-27(20,25)26/h3-6,9-10H,2,7-8H2,1H3,(H,19,22). The molecule has 0 saturated carbocycles. The molecule has 142 valence electrons. The first-order valence-corrected chi connectivity index (χ1v) is 9.66. The molecule has 2 aromatic carbocycles. The maximum absolute atomic E-state index is 13.6. The molecule has 1 heterocycles. The number of benzene rings is 2. The van der Waals surface area contributed by atoms with Gasteiger partial charge in [0.15, 0.2) is 0 Å². The van der Waals surface area contributed by atoms with E-state index < -0.39 is 32.4 Å². The van der Waals surface area contributed by atoms with Gasteiger partial charge in [0.1, 0.15) is 0 Å².